The summed E-state index contributed by atoms with van der Waals surface area (Å²) in [4.78, 5) is 2.61. The molecule has 0 bridgehead atoms. The van der Waals surface area contributed by atoms with Crippen LogP contribution in [0.2, 0.25) is 0 Å². The Hall–Kier alpha value is 0.270. The third-order valence-electron chi connectivity index (χ3n) is 5.11. The fourth-order valence-corrected chi connectivity index (χ4v) is 4.42. The highest BCUT2D eigenvalue weighted by molar-refractivity contribution is 7.99. The largest absolute Gasteiger partial charge is 0.314 e. The summed E-state index contributed by atoms with van der Waals surface area (Å²) in [5.74, 6) is 2.75. The monoisotopic (exact) mass is 356 g/mol. The lowest BCUT2D eigenvalue weighted by atomic mass is 10.1. The zero-order valence-electron chi connectivity index (χ0n) is 16.5. The van der Waals surface area contributed by atoms with Gasteiger partial charge in [-0.05, 0) is 30.9 Å². The van der Waals surface area contributed by atoms with Crippen molar-refractivity contribution in [1.29, 1.82) is 0 Å². The van der Waals surface area contributed by atoms with Gasteiger partial charge in [0.25, 0.3) is 0 Å². The highest BCUT2D eigenvalue weighted by Gasteiger charge is 2.07. The Morgan fingerprint density at radius 2 is 1.17 bits per heavy atom. The van der Waals surface area contributed by atoms with Crippen molar-refractivity contribution in [2.24, 2.45) is 0 Å². The molecular formula is C21H44N2S. The number of thioether (sulfide) groups is 1. The van der Waals surface area contributed by atoms with Crippen LogP contribution >= 0.6 is 11.8 Å². The van der Waals surface area contributed by atoms with Crippen LogP contribution in [0.3, 0.4) is 0 Å². The van der Waals surface area contributed by atoms with Gasteiger partial charge in [0.1, 0.15) is 0 Å². The molecule has 1 aliphatic rings. The molecule has 0 radical (unpaired) electrons. The summed E-state index contributed by atoms with van der Waals surface area (Å²) in [6, 6.07) is 0. The van der Waals surface area contributed by atoms with Gasteiger partial charge in [-0.25, -0.2) is 0 Å². The molecule has 24 heavy (non-hydrogen) atoms. The van der Waals surface area contributed by atoms with Gasteiger partial charge in [0.15, 0.2) is 0 Å². The van der Waals surface area contributed by atoms with E-state index in [0.717, 1.165) is 0 Å². The molecule has 0 saturated carbocycles. The van der Waals surface area contributed by atoms with Gasteiger partial charge in [-0.2, -0.15) is 11.8 Å². The Labute approximate surface area is 156 Å². The van der Waals surface area contributed by atoms with Gasteiger partial charge >= 0.3 is 0 Å². The standard InChI is InChI=1S/C21H44N2S/c1-2-3-4-5-6-7-8-9-10-11-12-13-20-24-21-14-17-23-18-15-22-16-19-23/h22H,2-21H2,1H3. The lowest BCUT2D eigenvalue weighted by Crippen LogP contribution is -2.43. The molecule has 0 spiro atoms. The Bertz CT molecular complexity index is 242. The molecule has 144 valence electrons. The van der Waals surface area contributed by atoms with Gasteiger partial charge in [0.05, 0.1) is 0 Å². The van der Waals surface area contributed by atoms with Gasteiger partial charge in [0.2, 0.25) is 0 Å². The minimum atomic E-state index is 1.19. The van der Waals surface area contributed by atoms with Crippen LogP contribution in [-0.4, -0.2) is 49.1 Å². The van der Waals surface area contributed by atoms with E-state index in [-0.39, 0.29) is 0 Å². The van der Waals surface area contributed by atoms with Gasteiger partial charge < -0.3 is 10.2 Å². The summed E-state index contributed by atoms with van der Waals surface area (Å²) >= 11 is 2.18. The molecule has 0 aliphatic carbocycles. The van der Waals surface area contributed by atoms with E-state index in [0.29, 0.717) is 0 Å². The van der Waals surface area contributed by atoms with Gasteiger partial charge in [-0.15, -0.1) is 0 Å². The first-order valence-electron chi connectivity index (χ1n) is 10.9. The Morgan fingerprint density at radius 1 is 0.667 bits per heavy atom. The minimum absolute atomic E-state index is 1.19. The van der Waals surface area contributed by atoms with Crippen molar-refractivity contribution in [1.82, 2.24) is 10.2 Å². The van der Waals surface area contributed by atoms with Crippen molar-refractivity contribution in [3.63, 3.8) is 0 Å². The molecule has 0 aromatic rings. The van der Waals surface area contributed by atoms with Crippen molar-refractivity contribution in [3.8, 4) is 0 Å². The lowest BCUT2D eigenvalue weighted by molar-refractivity contribution is 0.242. The first-order valence-corrected chi connectivity index (χ1v) is 12.1. The molecule has 1 aliphatic heterocycles. The summed E-state index contributed by atoms with van der Waals surface area (Å²) in [5, 5.41) is 3.42. The molecule has 2 nitrogen and oxygen atoms in total. The second kappa shape index (κ2) is 18.1. The molecule has 1 saturated heterocycles. The van der Waals surface area contributed by atoms with Crippen LogP contribution in [0, 0.1) is 0 Å². The number of nitrogens with one attached hydrogen (secondary N) is 1. The van der Waals surface area contributed by atoms with Crippen LogP contribution in [0.4, 0.5) is 0 Å². The fraction of sp³-hybridized carbons (Fsp3) is 1.00. The third-order valence-corrected chi connectivity index (χ3v) is 6.27. The summed E-state index contributed by atoms with van der Waals surface area (Å²) in [6.07, 6.45) is 18.9. The van der Waals surface area contributed by atoms with E-state index < -0.39 is 0 Å². The van der Waals surface area contributed by atoms with Crippen molar-refractivity contribution in [2.45, 2.75) is 90.4 Å². The molecule has 1 rings (SSSR count). The number of rotatable bonds is 17. The number of piperazine rings is 1. The average Bonchev–Trinajstić information content (AvgIpc) is 2.62. The molecule has 3 heteroatoms. The van der Waals surface area contributed by atoms with E-state index in [1.165, 1.54) is 128 Å². The summed E-state index contributed by atoms with van der Waals surface area (Å²) in [7, 11) is 0. The normalized spacial score (nSPS) is 15.9. The van der Waals surface area contributed by atoms with E-state index in [1.54, 1.807) is 0 Å². The SMILES string of the molecule is CCCCCCCCCCCCCCSCCCN1CCNCC1. The quantitative estimate of drug-likeness (QED) is 0.336. The highest BCUT2D eigenvalue weighted by Crippen LogP contribution is 2.13. The topological polar surface area (TPSA) is 15.3 Å². The lowest BCUT2D eigenvalue weighted by Gasteiger charge is -2.26. The predicted octanol–water partition coefficient (Wildman–Crippen LogP) is 5.72. The van der Waals surface area contributed by atoms with E-state index in [1.807, 2.05) is 0 Å². The Morgan fingerprint density at radius 3 is 1.75 bits per heavy atom. The van der Waals surface area contributed by atoms with E-state index >= 15 is 0 Å². The van der Waals surface area contributed by atoms with Gasteiger partial charge in [-0.3, -0.25) is 0 Å². The van der Waals surface area contributed by atoms with Crippen LogP contribution in [0.15, 0.2) is 0 Å². The molecule has 1 N–H and O–H groups in total. The average molecular weight is 357 g/mol. The van der Waals surface area contributed by atoms with Crippen LogP contribution in [0.1, 0.15) is 90.4 Å². The Balaban J connectivity index is 1.66. The molecule has 0 aromatic heterocycles. The Kier molecular flexibility index (Phi) is 16.8. The minimum Gasteiger partial charge on any atom is -0.314 e. The van der Waals surface area contributed by atoms with E-state index in [4.69, 9.17) is 0 Å². The fourth-order valence-electron chi connectivity index (χ4n) is 3.47. The van der Waals surface area contributed by atoms with E-state index in [2.05, 4.69) is 28.9 Å². The van der Waals surface area contributed by atoms with Crippen LogP contribution in [0.5, 0.6) is 0 Å². The maximum Gasteiger partial charge on any atom is 0.0107 e. The second-order valence-corrected chi connectivity index (χ2v) is 8.67. The molecule has 1 heterocycles. The second-order valence-electron chi connectivity index (χ2n) is 7.45. The van der Waals surface area contributed by atoms with Gasteiger partial charge in [0, 0.05) is 26.2 Å². The smallest absolute Gasteiger partial charge is 0.0107 e. The third kappa shape index (κ3) is 14.6. The van der Waals surface area contributed by atoms with Crippen LogP contribution in [-0.2, 0) is 0 Å². The van der Waals surface area contributed by atoms with Crippen LogP contribution < -0.4 is 5.32 Å². The molecule has 0 amide bonds. The van der Waals surface area contributed by atoms with Gasteiger partial charge in [-0.1, -0.05) is 77.6 Å². The zero-order chi connectivity index (χ0) is 17.1. The summed E-state index contributed by atoms with van der Waals surface area (Å²) < 4.78 is 0. The first-order chi connectivity index (χ1) is 11.9. The maximum absolute atomic E-state index is 3.42. The summed E-state index contributed by atoms with van der Waals surface area (Å²) in [5.41, 5.74) is 0. The summed E-state index contributed by atoms with van der Waals surface area (Å²) in [6.45, 7) is 8.49. The molecule has 0 atom stereocenters. The zero-order valence-corrected chi connectivity index (χ0v) is 17.3. The maximum atomic E-state index is 3.42. The number of hydrogen-bond acceptors (Lipinski definition) is 3. The van der Waals surface area contributed by atoms with Crippen LogP contribution in [0.25, 0.3) is 0 Å². The highest BCUT2D eigenvalue weighted by atomic mass is 32.2. The first kappa shape index (κ1) is 22.3. The van der Waals surface area contributed by atoms with Crippen molar-refractivity contribution in [2.75, 3.05) is 44.2 Å². The predicted molar refractivity (Wildman–Crippen MR) is 112 cm³/mol. The van der Waals surface area contributed by atoms with Crippen molar-refractivity contribution >= 4 is 11.8 Å². The number of unbranched alkanes of at least 4 members (excludes halogenated alkanes) is 11. The molecule has 0 unspecified atom stereocenters. The van der Waals surface area contributed by atoms with Crippen molar-refractivity contribution < 1.29 is 0 Å². The number of nitrogens with zero attached hydrogens (tertiary/aromatic N) is 1. The molecule has 0 aromatic carbocycles. The van der Waals surface area contributed by atoms with E-state index in [9.17, 15) is 0 Å². The molecule has 1 fully saturated rings. The molecular weight excluding hydrogens is 312 g/mol. The van der Waals surface area contributed by atoms with Crippen molar-refractivity contribution in [3.05, 3.63) is 0 Å². The number of hydrogen-bond donors (Lipinski definition) is 1.